The number of rotatable bonds is 9. The summed E-state index contributed by atoms with van der Waals surface area (Å²) in [5.74, 6) is -0.716. The Hall–Kier alpha value is -2.92. The second kappa shape index (κ2) is 12.0. The summed E-state index contributed by atoms with van der Waals surface area (Å²) in [6.07, 6.45) is 11.5. The van der Waals surface area contributed by atoms with Gasteiger partial charge in [-0.1, -0.05) is 25.7 Å². The third-order valence-corrected chi connectivity index (χ3v) is 7.12. The standard InChI is InChI=1S/C23H34N6O5/c1-17-5-4-12-29(17,21(31)19(15-28(34)16-30)13-18-6-2-3-7-18)23(33)27-22(32)26-9-8-20-14-24-10-11-25-20/h10-11,14,16-19,34H,2-9,12-13,15H2,1H3,(H-,26,27,32,33)/p+1/t17-,19-,29?/m1/s1. The first-order chi connectivity index (χ1) is 16.4. The van der Waals surface area contributed by atoms with Crippen LogP contribution in [0.15, 0.2) is 18.6 Å². The summed E-state index contributed by atoms with van der Waals surface area (Å²) in [4.78, 5) is 58.8. The molecule has 11 heteroatoms. The van der Waals surface area contributed by atoms with Gasteiger partial charge in [0.25, 0.3) is 0 Å². The molecule has 186 valence electrons. The number of imide groups is 2. The fourth-order valence-electron chi connectivity index (χ4n) is 5.31. The maximum Gasteiger partial charge on any atom is 0.432 e. The lowest BCUT2D eigenvalue weighted by Gasteiger charge is -2.36. The summed E-state index contributed by atoms with van der Waals surface area (Å²) in [7, 11) is 0. The number of nitrogens with zero attached hydrogens (tertiary/aromatic N) is 4. The van der Waals surface area contributed by atoms with Gasteiger partial charge >= 0.3 is 18.0 Å². The summed E-state index contributed by atoms with van der Waals surface area (Å²) in [6, 6.07) is -1.66. The lowest BCUT2D eigenvalue weighted by Crippen LogP contribution is -2.66. The van der Waals surface area contributed by atoms with Crippen LogP contribution < -0.4 is 10.6 Å². The number of nitrogens with one attached hydrogen (secondary N) is 2. The van der Waals surface area contributed by atoms with Gasteiger partial charge in [-0.15, -0.1) is 0 Å². The Balaban J connectivity index is 1.69. The fourth-order valence-corrected chi connectivity index (χ4v) is 5.31. The molecule has 6 amide bonds. The van der Waals surface area contributed by atoms with Crippen LogP contribution in [0.4, 0.5) is 9.59 Å². The first-order valence-electron chi connectivity index (χ1n) is 12.0. The molecule has 2 aliphatic rings. The molecule has 2 fully saturated rings. The lowest BCUT2D eigenvalue weighted by atomic mass is 9.91. The number of hydroxylamine groups is 2. The average molecular weight is 476 g/mol. The molecule has 11 nitrogen and oxygen atoms in total. The predicted molar refractivity (Wildman–Crippen MR) is 121 cm³/mol. The minimum atomic E-state index is -0.690. The van der Waals surface area contributed by atoms with Crippen molar-refractivity contribution in [2.45, 2.75) is 64.3 Å². The summed E-state index contributed by atoms with van der Waals surface area (Å²) in [5, 5.41) is 15.3. The van der Waals surface area contributed by atoms with Gasteiger partial charge in [-0.05, 0) is 19.3 Å². The Labute approximate surface area is 199 Å². The van der Waals surface area contributed by atoms with Crippen molar-refractivity contribution in [2.24, 2.45) is 11.8 Å². The largest absolute Gasteiger partial charge is 0.432 e. The van der Waals surface area contributed by atoms with Crippen LogP contribution in [0.3, 0.4) is 0 Å². The number of quaternary nitrogens is 1. The number of hydrogen-bond acceptors (Lipinski definition) is 7. The Bertz CT molecular complexity index is 863. The van der Waals surface area contributed by atoms with E-state index in [0.717, 1.165) is 25.7 Å². The summed E-state index contributed by atoms with van der Waals surface area (Å²) in [5.41, 5.74) is 0.708. The number of likely N-dealkylation sites (tertiary alicyclic amines) is 1. The molecule has 1 saturated heterocycles. The molecule has 0 aromatic carbocycles. The number of aromatic nitrogens is 2. The Morgan fingerprint density at radius 3 is 2.62 bits per heavy atom. The van der Waals surface area contributed by atoms with Gasteiger partial charge in [-0.2, -0.15) is 4.48 Å². The van der Waals surface area contributed by atoms with E-state index in [1.54, 1.807) is 18.6 Å². The summed E-state index contributed by atoms with van der Waals surface area (Å²) >= 11 is 0. The zero-order valence-electron chi connectivity index (χ0n) is 19.7. The average Bonchev–Trinajstić information content (AvgIpc) is 3.48. The molecule has 1 aromatic heterocycles. The molecule has 3 rings (SSSR count). The Morgan fingerprint density at radius 2 is 2.00 bits per heavy atom. The molecule has 0 spiro atoms. The smallest absolute Gasteiger partial charge is 0.337 e. The van der Waals surface area contributed by atoms with E-state index in [9.17, 15) is 24.4 Å². The minimum absolute atomic E-state index is 0.164. The zero-order valence-corrected chi connectivity index (χ0v) is 19.7. The number of amides is 6. The van der Waals surface area contributed by atoms with Gasteiger partial charge in [0.15, 0.2) is 0 Å². The molecule has 34 heavy (non-hydrogen) atoms. The van der Waals surface area contributed by atoms with E-state index < -0.39 is 22.5 Å². The Morgan fingerprint density at radius 1 is 1.24 bits per heavy atom. The van der Waals surface area contributed by atoms with E-state index in [1.165, 1.54) is 0 Å². The van der Waals surface area contributed by atoms with Crippen molar-refractivity contribution in [1.82, 2.24) is 25.7 Å². The number of urea groups is 2. The van der Waals surface area contributed by atoms with Crippen LogP contribution in [-0.2, 0) is 16.0 Å². The lowest BCUT2D eigenvalue weighted by molar-refractivity contribution is -0.786. The molecule has 1 unspecified atom stereocenters. The van der Waals surface area contributed by atoms with Gasteiger partial charge in [0.2, 0.25) is 6.41 Å². The molecular formula is C23H35N6O5+. The highest BCUT2D eigenvalue weighted by atomic mass is 16.5. The van der Waals surface area contributed by atoms with Crippen molar-refractivity contribution in [3.05, 3.63) is 24.3 Å². The molecule has 0 radical (unpaired) electrons. The third-order valence-electron chi connectivity index (χ3n) is 7.12. The fraction of sp³-hybridized carbons (Fsp3) is 0.652. The maximum absolute atomic E-state index is 13.8. The molecule has 1 aliphatic heterocycles. The molecular weight excluding hydrogens is 440 g/mol. The van der Waals surface area contributed by atoms with Crippen molar-refractivity contribution in [3.8, 4) is 0 Å². The summed E-state index contributed by atoms with van der Waals surface area (Å²) < 4.78 is -0.498. The monoisotopic (exact) mass is 475 g/mol. The van der Waals surface area contributed by atoms with Crippen LogP contribution >= 0.6 is 0 Å². The molecule has 3 atom stereocenters. The highest BCUT2D eigenvalue weighted by Crippen LogP contribution is 2.35. The predicted octanol–water partition coefficient (Wildman–Crippen LogP) is 2.01. The molecule has 1 aliphatic carbocycles. The minimum Gasteiger partial charge on any atom is -0.337 e. The van der Waals surface area contributed by atoms with Crippen LogP contribution in [0.2, 0.25) is 0 Å². The van der Waals surface area contributed by atoms with Crippen molar-refractivity contribution in [1.29, 1.82) is 0 Å². The van der Waals surface area contributed by atoms with Gasteiger partial charge in [-0.3, -0.25) is 20.0 Å². The molecule has 1 aromatic rings. The van der Waals surface area contributed by atoms with E-state index in [1.807, 2.05) is 6.92 Å². The Kier molecular flexibility index (Phi) is 9.05. The van der Waals surface area contributed by atoms with E-state index in [2.05, 4.69) is 20.6 Å². The molecule has 3 N–H and O–H groups in total. The van der Waals surface area contributed by atoms with Crippen molar-refractivity contribution >= 4 is 24.4 Å². The first-order valence-corrected chi connectivity index (χ1v) is 12.0. The van der Waals surface area contributed by atoms with Gasteiger partial charge < -0.3 is 5.32 Å². The van der Waals surface area contributed by atoms with Crippen LogP contribution in [0.25, 0.3) is 0 Å². The van der Waals surface area contributed by atoms with E-state index >= 15 is 0 Å². The van der Waals surface area contributed by atoms with E-state index in [-0.39, 0.29) is 38.0 Å². The van der Waals surface area contributed by atoms with Crippen molar-refractivity contribution in [3.63, 3.8) is 0 Å². The van der Waals surface area contributed by atoms with Gasteiger partial charge in [-0.25, -0.2) is 24.8 Å². The maximum atomic E-state index is 13.8. The zero-order chi connectivity index (χ0) is 24.6. The van der Waals surface area contributed by atoms with E-state index in [0.29, 0.717) is 42.4 Å². The van der Waals surface area contributed by atoms with Crippen molar-refractivity contribution < 1.29 is 28.9 Å². The highest BCUT2D eigenvalue weighted by molar-refractivity contribution is 5.95. The topological polar surface area (TPSA) is 142 Å². The second-order valence-corrected chi connectivity index (χ2v) is 9.37. The highest BCUT2D eigenvalue weighted by Gasteiger charge is 2.55. The number of carbonyl (C=O) groups is 4. The molecule has 2 heterocycles. The normalized spacial score (nSPS) is 23.3. The van der Waals surface area contributed by atoms with Gasteiger partial charge in [0.05, 0.1) is 24.7 Å². The van der Waals surface area contributed by atoms with Crippen molar-refractivity contribution in [2.75, 3.05) is 19.6 Å². The van der Waals surface area contributed by atoms with Crippen LogP contribution in [-0.4, -0.2) is 74.8 Å². The summed E-state index contributed by atoms with van der Waals surface area (Å²) in [6.45, 7) is 2.21. The van der Waals surface area contributed by atoms with Crippen LogP contribution in [0.5, 0.6) is 0 Å². The van der Waals surface area contributed by atoms with Crippen LogP contribution in [0.1, 0.15) is 57.6 Å². The second-order valence-electron chi connectivity index (χ2n) is 9.37. The first kappa shape index (κ1) is 25.7. The van der Waals surface area contributed by atoms with E-state index in [4.69, 9.17) is 0 Å². The van der Waals surface area contributed by atoms with Gasteiger partial charge in [0, 0.05) is 44.4 Å². The molecule has 1 saturated carbocycles. The SMILES string of the molecule is C[C@@H]1CCC[N+]1(C(=O)NC(=O)NCCc1cnccn1)C(=O)[C@H](CC1CCCC1)CN(O)C=O. The van der Waals surface area contributed by atoms with Crippen LogP contribution in [0, 0.1) is 11.8 Å². The van der Waals surface area contributed by atoms with Gasteiger partial charge in [0.1, 0.15) is 6.04 Å². The number of hydrogen-bond donors (Lipinski definition) is 3. The number of carbonyl (C=O) groups excluding carboxylic acids is 4. The quantitative estimate of drug-likeness (QED) is 0.215. The third kappa shape index (κ3) is 6.15. The molecule has 0 bridgehead atoms.